The van der Waals surface area contributed by atoms with Crippen molar-refractivity contribution in [1.29, 1.82) is 0 Å². The van der Waals surface area contributed by atoms with Gasteiger partial charge in [0.05, 0.1) is 0 Å². The highest BCUT2D eigenvalue weighted by Gasteiger charge is 2.36. The minimum atomic E-state index is 0.107. The Morgan fingerprint density at radius 1 is 1.50 bits per heavy atom. The molecule has 1 rings (SSSR count). The molecule has 2 atom stereocenters. The van der Waals surface area contributed by atoms with E-state index in [1.54, 1.807) is 5.57 Å². The molecule has 0 amide bonds. The number of nitrogens with zero attached hydrogens (tertiary/aromatic N) is 1. The molecular formula is C17H30N-. The van der Waals surface area contributed by atoms with E-state index in [9.17, 15) is 0 Å². The molecule has 0 N–H and O–H groups in total. The number of hydrogen-bond acceptors (Lipinski definition) is 0. The second-order valence-corrected chi connectivity index (χ2v) is 6.63. The predicted molar refractivity (Wildman–Crippen MR) is 82.1 cm³/mol. The zero-order valence-corrected chi connectivity index (χ0v) is 13.1. The third kappa shape index (κ3) is 3.47. The zero-order valence-electron chi connectivity index (χ0n) is 13.1. The quantitative estimate of drug-likeness (QED) is 0.560. The molecule has 0 aromatic carbocycles. The Morgan fingerprint density at radius 2 is 2.17 bits per heavy atom. The average Bonchev–Trinajstić information content (AvgIpc) is 2.32. The summed E-state index contributed by atoms with van der Waals surface area (Å²) >= 11 is 0. The van der Waals surface area contributed by atoms with E-state index in [1.807, 2.05) is 7.05 Å². The SMILES string of the molecule is C[N-]C(C)(CCC=C(C)C)C1(C)CC=C(C)CC1. The molecule has 0 radical (unpaired) electrons. The van der Waals surface area contributed by atoms with Crippen LogP contribution in [0, 0.1) is 5.41 Å². The summed E-state index contributed by atoms with van der Waals surface area (Å²) in [5.41, 5.74) is 3.40. The summed E-state index contributed by atoms with van der Waals surface area (Å²) in [4.78, 5) is 0. The van der Waals surface area contributed by atoms with Crippen molar-refractivity contribution >= 4 is 0 Å². The first-order valence-electron chi connectivity index (χ1n) is 7.23. The van der Waals surface area contributed by atoms with Crippen molar-refractivity contribution in [3.05, 3.63) is 28.6 Å². The molecule has 0 bridgehead atoms. The van der Waals surface area contributed by atoms with Crippen molar-refractivity contribution < 1.29 is 0 Å². The molecule has 0 aromatic rings. The molecule has 0 fully saturated rings. The monoisotopic (exact) mass is 248 g/mol. The first-order valence-corrected chi connectivity index (χ1v) is 7.23. The molecule has 0 aromatic heterocycles. The zero-order chi connectivity index (χ0) is 13.8. The summed E-state index contributed by atoms with van der Waals surface area (Å²) in [5.74, 6) is 0. The van der Waals surface area contributed by atoms with E-state index < -0.39 is 0 Å². The van der Waals surface area contributed by atoms with Crippen molar-refractivity contribution in [2.24, 2.45) is 5.41 Å². The normalized spacial score (nSPS) is 27.3. The van der Waals surface area contributed by atoms with Crippen molar-refractivity contribution in [2.45, 2.75) is 72.3 Å². The van der Waals surface area contributed by atoms with Gasteiger partial charge in [0.2, 0.25) is 0 Å². The molecule has 104 valence electrons. The second-order valence-electron chi connectivity index (χ2n) is 6.63. The van der Waals surface area contributed by atoms with Crippen LogP contribution in [0.15, 0.2) is 23.3 Å². The topological polar surface area (TPSA) is 14.1 Å². The molecule has 1 nitrogen and oxygen atoms in total. The summed E-state index contributed by atoms with van der Waals surface area (Å²) in [5, 5.41) is 4.78. The van der Waals surface area contributed by atoms with Crippen LogP contribution in [0.25, 0.3) is 5.32 Å². The third-order valence-corrected chi connectivity index (χ3v) is 4.95. The third-order valence-electron chi connectivity index (χ3n) is 4.95. The Kier molecular flexibility index (Phi) is 5.21. The lowest BCUT2D eigenvalue weighted by molar-refractivity contribution is 0.157. The molecule has 2 unspecified atom stereocenters. The first kappa shape index (κ1) is 15.5. The number of rotatable bonds is 5. The summed E-state index contributed by atoms with van der Waals surface area (Å²) in [6.45, 7) is 11.4. The summed E-state index contributed by atoms with van der Waals surface area (Å²) in [6, 6.07) is 0. The van der Waals surface area contributed by atoms with Gasteiger partial charge in [0.15, 0.2) is 0 Å². The highest BCUT2D eigenvalue weighted by Crippen LogP contribution is 2.49. The van der Waals surface area contributed by atoms with Gasteiger partial charge >= 0.3 is 0 Å². The fraction of sp³-hybridized carbons (Fsp3) is 0.765. The number of allylic oxidation sites excluding steroid dienone is 4. The van der Waals surface area contributed by atoms with Crippen molar-refractivity contribution in [2.75, 3.05) is 7.05 Å². The molecule has 0 spiro atoms. The molecule has 1 aliphatic carbocycles. The standard InChI is InChI=1S/C17H30N/c1-14(2)8-7-11-17(5,18-6)16(4)12-9-15(3)10-13-16/h8-9H,7,10-13H2,1-6H3/q-1. The molecule has 0 aliphatic heterocycles. The van der Waals surface area contributed by atoms with Crippen molar-refractivity contribution in [3.8, 4) is 0 Å². The maximum Gasteiger partial charge on any atom is -0.0305 e. The molecule has 1 heteroatoms. The molecule has 1 aliphatic rings. The molecule has 0 heterocycles. The summed E-state index contributed by atoms with van der Waals surface area (Å²) < 4.78 is 0. The lowest BCUT2D eigenvalue weighted by Gasteiger charge is -2.57. The predicted octanol–water partition coefficient (Wildman–Crippen LogP) is 5.63. The van der Waals surface area contributed by atoms with Crippen LogP contribution in [0.1, 0.15) is 66.7 Å². The van der Waals surface area contributed by atoms with E-state index in [-0.39, 0.29) is 5.54 Å². The van der Waals surface area contributed by atoms with Crippen LogP contribution in [0.4, 0.5) is 0 Å². The smallest absolute Gasteiger partial charge is 0.0305 e. The van der Waals surface area contributed by atoms with Crippen molar-refractivity contribution in [1.82, 2.24) is 0 Å². The fourth-order valence-corrected chi connectivity index (χ4v) is 2.89. The lowest BCUT2D eigenvalue weighted by Crippen LogP contribution is -2.43. The molecule has 18 heavy (non-hydrogen) atoms. The largest absolute Gasteiger partial charge is 0.659 e. The average molecular weight is 248 g/mol. The van der Waals surface area contributed by atoms with Gasteiger partial charge in [-0.2, -0.15) is 7.05 Å². The molecule has 0 saturated heterocycles. The Balaban J connectivity index is 2.77. The summed E-state index contributed by atoms with van der Waals surface area (Å²) in [7, 11) is 2.00. The van der Waals surface area contributed by atoms with E-state index in [0.717, 1.165) is 12.8 Å². The van der Waals surface area contributed by atoms with Gasteiger partial charge < -0.3 is 5.32 Å². The Labute approximate surface area is 114 Å². The minimum absolute atomic E-state index is 0.107. The van der Waals surface area contributed by atoms with Crippen LogP contribution in [0.3, 0.4) is 0 Å². The Morgan fingerprint density at radius 3 is 2.61 bits per heavy atom. The van der Waals surface area contributed by atoms with Gasteiger partial charge in [-0.15, -0.1) is 5.54 Å². The van der Waals surface area contributed by atoms with Gasteiger partial charge in [0, 0.05) is 0 Å². The van der Waals surface area contributed by atoms with Crippen LogP contribution in [0.2, 0.25) is 0 Å². The highest BCUT2D eigenvalue weighted by molar-refractivity contribution is 5.18. The van der Waals surface area contributed by atoms with Crippen LogP contribution in [-0.2, 0) is 0 Å². The van der Waals surface area contributed by atoms with Crippen LogP contribution in [0.5, 0.6) is 0 Å². The number of hydrogen-bond donors (Lipinski definition) is 0. The van der Waals surface area contributed by atoms with Crippen molar-refractivity contribution in [3.63, 3.8) is 0 Å². The lowest BCUT2D eigenvalue weighted by atomic mass is 9.62. The maximum atomic E-state index is 4.78. The highest BCUT2D eigenvalue weighted by atomic mass is 15.0. The Hall–Kier alpha value is -0.560. The van der Waals surface area contributed by atoms with Gasteiger partial charge in [0.1, 0.15) is 0 Å². The minimum Gasteiger partial charge on any atom is -0.659 e. The molecular weight excluding hydrogens is 218 g/mol. The Bertz CT molecular complexity index is 336. The van der Waals surface area contributed by atoms with E-state index in [2.05, 4.69) is 46.8 Å². The van der Waals surface area contributed by atoms with Gasteiger partial charge in [0.25, 0.3) is 0 Å². The first-order chi connectivity index (χ1) is 8.33. The van der Waals surface area contributed by atoms with E-state index in [4.69, 9.17) is 5.32 Å². The van der Waals surface area contributed by atoms with Crippen LogP contribution in [-0.4, -0.2) is 12.6 Å². The maximum absolute atomic E-state index is 4.78. The van der Waals surface area contributed by atoms with Gasteiger partial charge in [-0.05, 0) is 51.9 Å². The molecule has 0 saturated carbocycles. The van der Waals surface area contributed by atoms with Crippen LogP contribution >= 0.6 is 0 Å². The van der Waals surface area contributed by atoms with Gasteiger partial charge in [-0.3, -0.25) is 0 Å². The van der Waals surface area contributed by atoms with Gasteiger partial charge in [-0.1, -0.05) is 43.6 Å². The fourth-order valence-electron chi connectivity index (χ4n) is 2.89. The van der Waals surface area contributed by atoms with E-state index >= 15 is 0 Å². The summed E-state index contributed by atoms with van der Waals surface area (Å²) in [6.07, 6.45) is 10.8. The second kappa shape index (κ2) is 6.06. The van der Waals surface area contributed by atoms with Gasteiger partial charge in [-0.25, -0.2) is 0 Å². The van der Waals surface area contributed by atoms with Crippen LogP contribution < -0.4 is 0 Å². The van der Waals surface area contributed by atoms with E-state index in [0.29, 0.717) is 5.41 Å². The van der Waals surface area contributed by atoms with E-state index in [1.165, 1.54) is 24.8 Å².